The molecule has 2 fully saturated rings. The Morgan fingerprint density at radius 2 is 1.64 bits per heavy atom. The first-order valence-corrected chi connectivity index (χ1v) is 11.6. The van der Waals surface area contributed by atoms with Gasteiger partial charge in [0.25, 0.3) is 0 Å². The van der Waals surface area contributed by atoms with Gasteiger partial charge in [0.1, 0.15) is 0 Å². The lowest BCUT2D eigenvalue weighted by molar-refractivity contribution is -0.138. The minimum Gasteiger partial charge on any atom is -0.352 e. The molecule has 4 heterocycles. The molecule has 36 heavy (non-hydrogen) atoms. The Bertz CT molecular complexity index is 1070. The molecule has 1 amide bonds. The van der Waals surface area contributed by atoms with Crippen LogP contribution in [0.2, 0.25) is 5.15 Å². The number of rotatable bonds is 5. The molecule has 1 unspecified atom stereocenters. The normalized spacial score (nSPS) is 19.2. The van der Waals surface area contributed by atoms with E-state index in [2.05, 4.69) is 20.2 Å². The van der Waals surface area contributed by atoms with Gasteiger partial charge in [0.05, 0.1) is 11.1 Å². The molecule has 2 aliphatic rings. The lowest BCUT2D eigenvalue weighted by Crippen LogP contribution is -2.49. The Kier molecular flexibility index (Phi) is 7.43. The fraction of sp³-hybridized carbons (Fsp3) is 0.571. The number of alkyl halides is 6. The van der Waals surface area contributed by atoms with E-state index >= 15 is 0 Å². The van der Waals surface area contributed by atoms with Crippen molar-refractivity contribution in [1.29, 1.82) is 0 Å². The van der Waals surface area contributed by atoms with Crippen molar-refractivity contribution in [2.24, 2.45) is 0 Å². The fourth-order valence-corrected chi connectivity index (χ4v) is 4.58. The van der Waals surface area contributed by atoms with Gasteiger partial charge in [-0.25, -0.2) is 9.97 Å². The summed E-state index contributed by atoms with van der Waals surface area (Å²) in [5.74, 6) is 0.138. The van der Waals surface area contributed by atoms with E-state index in [1.165, 1.54) is 0 Å². The predicted molar refractivity (Wildman–Crippen MR) is 117 cm³/mol. The van der Waals surface area contributed by atoms with Gasteiger partial charge in [0.2, 0.25) is 11.9 Å². The lowest BCUT2D eigenvalue weighted by Gasteiger charge is -2.35. The van der Waals surface area contributed by atoms with Crippen LogP contribution in [0.4, 0.5) is 38.1 Å². The smallest absolute Gasteiger partial charge is 0.352 e. The first-order valence-electron chi connectivity index (χ1n) is 11.2. The Morgan fingerprint density at radius 3 is 2.25 bits per heavy atom. The predicted octanol–water partition coefficient (Wildman–Crippen LogP) is 4.06. The van der Waals surface area contributed by atoms with Gasteiger partial charge in [0.15, 0.2) is 11.0 Å². The highest BCUT2D eigenvalue weighted by Crippen LogP contribution is 2.36. The molecule has 2 saturated heterocycles. The molecule has 196 valence electrons. The first-order chi connectivity index (χ1) is 16.9. The number of aromatic nitrogens is 4. The molecule has 1 atom stereocenters. The minimum absolute atomic E-state index is 0.0758. The highest BCUT2D eigenvalue weighted by atomic mass is 35.5. The van der Waals surface area contributed by atoms with Crippen molar-refractivity contribution in [3.63, 3.8) is 0 Å². The van der Waals surface area contributed by atoms with E-state index < -0.39 is 28.6 Å². The summed E-state index contributed by atoms with van der Waals surface area (Å²) in [6.07, 6.45) is -5.61. The summed E-state index contributed by atoms with van der Waals surface area (Å²) in [6, 6.07) is 0.727. The Labute approximate surface area is 207 Å². The topological polar surface area (TPSA) is 78.4 Å². The van der Waals surface area contributed by atoms with Crippen molar-refractivity contribution < 1.29 is 31.1 Å². The van der Waals surface area contributed by atoms with Crippen molar-refractivity contribution in [2.45, 2.75) is 44.1 Å². The molecule has 8 nitrogen and oxygen atoms in total. The quantitative estimate of drug-likeness (QED) is 0.532. The number of carbonyl (C=O) groups excluding carboxylic acids is 1. The molecule has 0 saturated carbocycles. The first kappa shape index (κ1) is 26.2. The number of nitrogens with zero attached hydrogens (tertiary/aromatic N) is 7. The van der Waals surface area contributed by atoms with Gasteiger partial charge in [-0.3, -0.25) is 4.79 Å². The molecule has 0 aromatic carbocycles. The maximum atomic E-state index is 13.2. The van der Waals surface area contributed by atoms with Crippen LogP contribution in [0.25, 0.3) is 0 Å². The maximum absolute atomic E-state index is 13.2. The van der Waals surface area contributed by atoms with Crippen LogP contribution < -0.4 is 9.80 Å². The van der Waals surface area contributed by atoms with Crippen LogP contribution in [0, 0.1) is 0 Å². The number of anilines is 2. The van der Waals surface area contributed by atoms with Crippen LogP contribution in [-0.2, 0) is 17.1 Å². The molecule has 2 aliphatic heterocycles. The summed E-state index contributed by atoms with van der Waals surface area (Å²) in [4.78, 5) is 25.4. The average molecular weight is 538 g/mol. The summed E-state index contributed by atoms with van der Waals surface area (Å²) < 4.78 is 77.7. The molecule has 15 heteroatoms. The molecule has 0 bridgehead atoms. The number of halogens is 7. The molecule has 0 spiro atoms. The highest BCUT2D eigenvalue weighted by Gasteiger charge is 2.37. The number of hydrogen-bond donors (Lipinski definition) is 0. The van der Waals surface area contributed by atoms with E-state index in [1.54, 1.807) is 14.7 Å². The number of amides is 1. The molecular formula is C21H22ClF6N7O. The average Bonchev–Trinajstić information content (AvgIpc) is 3.30. The van der Waals surface area contributed by atoms with Crippen LogP contribution in [-0.4, -0.2) is 69.7 Å². The van der Waals surface area contributed by atoms with Crippen LogP contribution in [0.3, 0.4) is 0 Å². The molecule has 4 rings (SSSR count). The minimum atomic E-state index is -4.65. The molecule has 0 N–H and O–H groups in total. The van der Waals surface area contributed by atoms with E-state index in [0.717, 1.165) is 24.9 Å². The second-order valence-electron chi connectivity index (χ2n) is 8.57. The van der Waals surface area contributed by atoms with E-state index in [4.69, 9.17) is 11.6 Å². The highest BCUT2D eigenvalue weighted by molar-refractivity contribution is 6.30. The molecule has 0 aliphatic carbocycles. The van der Waals surface area contributed by atoms with Crippen LogP contribution >= 0.6 is 11.6 Å². The van der Waals surface area contributed by atoms with Crippen LogP contribution in [0.5, 0.6) is 0 Å². The second kappa shape index (κ2) is 10.2. The molecular weight excluding hydrogens is 516 g/mol. The Balaban J connectivity index is 1.30. The standard InChI is InChI=1S/C21H22ClF6N7O/c22-18-15(21(26,27)28)10-16(31-32-18)35-5-1-2-14(35)3-4-17(36)33-6-8-34(9-7-33)19-29-11-13(12-30-19)20(23,24)25/h10-12,14H,1-9H2. The maximum Gasteiger partial charge on any atom is 0.419 e. The van der Waals surface area contributed by atoms with Gasteiger partial charge in [-0.2, -0.15) is 26.3 Å². The lowest BCUT2D eigenvalue weighted by atomic mass is 10.1. The monoisotopic (exact) mass is 537 g/mol. The second-order valence-corrected chi connectivity index (χ2v) is 8.93. The van der Waals surface area contributed by atoms with E-state index in [0.29, 0.717) is 45.6 Å². The van der Waals surface area contributed by atoms with Gasteiger partial charge >= 0.3 is 12.4 Å². The van der Waals surface area contributed by atoms with Gasteiger partial charge in [-0.05, 0) is 25.3 Å². The van der Waals surface area contributed by atoms with Crippen molar-refractivity contribution in [1.82, 2.24) is 25.1 Å². The molecule has 2 aromatic heterocycles. The zero-order valence-corrected chi connectivity index (χ0v) is 19.6. The van der Waals surface area contributed by atoms with Crippen molar-refractivity contribution >= 4 is 29.3 Å². The fourth-order valence-electron chi connectivity index (χ4n) is 4.38. The van der Waals surface area contributed by atoms with Crippen molar-refractivity contribution in [3.05, 3.63) is 34.7 Å². The molecule has 0 radical (unpaired) electrons. The largest absolute Gasteiger partial charge is 0.419 e. The summed E-state index contributed by atoms with van der Waals surface area (Å²) in [7, 11) is 0. The van der Waals surface area contributed by atoms with Gasteiger partial charge < -0.3 is 14.7 Å². The van der Waals surface area contributed by atoms with E-state index in [-0.39, 0.29) is 30.1 Å². The zero-order chi connectivity index (χ0) is 26.1. The van der Waals surface area contributed by atoms with Crippen molar-refractivity contribution in [2.75, 3.05) is 42.5 Å². The van der Waals surface area contributed by atoms with E-state index in [1.807, 2.05) is 0 Å². The third kappa shape index (κ3) is 5.90. The van der Waals surface area contributed by atoms with Gasteiger partial charge in [0, 0.05) is 57.6 Å². The van der Waals surface area contributed by atoms with E-state index in [9.17, 15) is 31.1 Å². The van der Waals surface area contributed by atoms with Crippen LogP contribution in [0.1, 0.15) is 36.8 Å². The van der Waals surface area contributed by atoms with Gasteiger partial charge in [-0.15, -0.1) is 10.2 Å². The Hall–Kier alpha value is -2.90. The van der Waals surface area contributed by atoms with Crippen molar-refractivity contribution in [3.8, 4) is 0 Å². The zero-order valence-electron chi connectivity index (χ0n) is 18.9. The summed E-state index contributed by atoms with van der Waals surface area (Å²) in [6.45, 7) is 1.95. The Morgan fingerprint density at radius 1 is 0.972 bits per heavy atom. The third-order valence-corrected chi connectivity index (χ3v) is 6.56. The third-order valence-electron chi connectivity index (χ3n) is 6.28. The van der Waals surface area contributed by atoms with Gasteiger partial charge in [-0.1, -0.05) is 11.6 Å². The summed E-state index contributed by atoms with van der Waals surface area (Å²) in [5, 5.41) is 6.57. The number of hydrogen-bond acceptors (Lipinski definition) is 7. The summed E-state index contributed by atoms with van der Waals surface area (Å²) in [5.41, 5.74) is -1.98. The number of piperazine rings is 1. The molecule has 2 aromatic rings. The summed E-state index contributed by atoms with van der Waals surface area (Å²) >= 11 is 5.57. The number of carbonyl (C=O) groups is 1. The SMILES string of the molecule is O=C(CCC1CCCN1c1cc(C(F)(F)F)c(Cl)nn1)N1CCN(c2ncc(C(F)(F)F)cn2)CC1. The van der Waals surface area contributed by atoms with Crippen LogP contribution in [0.15, 0.2) is 18.5 Å².